The van der Waals surface area contributed by atoms with Crippen molar-refractivity contribution in [3.8, 4) is 11.3 Å². The van der Waals surface area contributed by atoms with Gasteiger partial charge in [0.05, 0.1) is 53.4 Å². The number of anilines is 1. The van der Waals surface area contributed by atoms with Crippen LogP contribution in [0.25, 0.3) is 11.3 Å². The highest BCUT2D eigenvalue weighted by Crippen LogP contribution is 2.69. The normalized spacial score (nSPS) is 24.5. The lowest BCUT2D eigenvalue weighted by Crippen LogP contribution is -2.39. The Labute approximate surface area is 195 Å². The maximum Gasteiger partial charge on any atom is 0.233 e. The molecule has 1 N–H and O–H groups in total. The molecule has 7 nitrogen and oxygen atoms in total. The first-order valence-corrected chi connectivity index (χ1v) is 11.4. The summed E-state index contributed by atoms with van der Waals surface area (Å²) in [4.78, 5) is 21.5. The van der Waals surface area contributed by atoms with E-state index in [1.165, 1.54) is 24.4 Å². The summed E-state index contributed by atoms with van der Waals surface area (Å²) >= 11 is 0. The zero-order valence-corrected chi connectivity index (χ0v) is 18.8. The van der Waals surface area contributed by atoms with E-state index in [1.807, 2.05) is 0 Å². The number of nitrogens with zero attached hydrogens (tertiary/aromatic N) is 4. The average molecular weight is 463 g/mol. The van der Waals surface area contributed by atoms with Crippen molar-refractivity contribution in [3.05, 3.63) is 65.2 Å². The van der Waals surface area contributed by atoms with Gasteiger partial charge in [0.1, 0.15) is 11.6 Å². The van der Waals surface area contributed by atoms with Crippen LogP contribution in [0.3, 0.4) is 0 Å². The van der Waals surface area contributed by atoms with E-state index in [1.54, 1.807) is 12.3 Å². The van der Waals surface area contributed by atoms with Crippen molar-refractivity contribution >= 4 is 11.7 Å². The molecule has 1 saturated heterocycles. The smallest absolute Gasteiger partial charge is 0.233 e. The molecular weight excluding hydrogens is 440 g/mol. The second-order valence-electron chi connectivity index (χ2n) is 9.86. The van der Waals surface area contributed by atoms with Crippen LogP contribution in [0.4, 0.5) is 14.6 Å². The van der Waals surface area contributed by atoms with Gasteiger partial charge in [0.25, 0.3) is 0 Å². The summed E-state index contributed by atoms with van der Waals surface area (Å²) in [5.74, 6) is -1.14. The molecule has 1 aromatic carbocycles. The van der Waals surface area contributed by atoms with Gasteiger partial charge >= 0.3 is 0 Å². The number of ether oxygens (including phenoxy) is 1. The third kappa shape index (κ3) is 2.79. The zero-order valence-electron chi connectivity index (χ0n) is 18.8. The largest absolute Gasteiger partial charge is 0.380 e. The van der Waals surface area contributed by atoms with E-state index in [0.717, 1.165) is 24.1 Å². The van der Waals surface area contributed by atoms with E-state index in [4.69, 9.17) is 9.72 Å². The van der Waals surface area contributed by atoms with Crippen LogP contribution in [0.5, 0.6) is 0 Å². The molecular formula is C25H23F2N5O2. The van der Waals surface area contributed by atoms with Crippen LogP contribution in [0.1, 0.15) is 49.6 Å². The highest BCUT2D eigenvalue weighted by Gasteiger charge is 2.65. The third-order valence-corrected chi connectivity index (χ3v) is 7.93. The van der Waals surface area contributed by atoms with Crippen molar-refractivity contribution in [1.29, 1.82) is 0 Å². The number of carbonyl (C=O) groups excluding carboxylic acids is 1. The molecule has 0 unspecified atom stereocenters. The van der Waals surface area contributed by atoms with Gasteiger partial charge in [-0.25, -0.2) is 13.8 Å². The van der Waals surface area contributed by atoms with Gasteiger partial charge in [0, 0.05) is 6.20 Å². The number of carbonyl (C=O) groups is 1. The van der Waals surface area contributed by atoms with Gasteiger partial charge in [-0.1, -0.05) is 19.9 Å². The Morgan fingerprint density at radius 2 is 1.91 bits per heavy atom. The quantitative estimate of drug-likeness (QED) is 0.629. The van der Waals surface area contributed by atoms with E-state index in [-0.39, 0.29) is 34.4 Å². The first-order valence-electron chi connectivity index (χ1n) is 11.4. The number of halogens is 2. The Hall–Kier alpha value is -3.33. The molecule has 2 atom stereocenters. The van der Waals surface area contributed by atoms with Gasteiger partial charge in [-0.3, -0.25) is 9.78 Å². The molecule has 6 rings (SSSR count). The fourth-order valence-corrected chi connectivity index (χ4v) is 6.00. The third-order valence-electron chi connectivity index (χ3n) is 7.93. The maximum absolute atomic E-state index is 14.4. The Bertz CT molecular complexity index is 1310. The number of nitrogens with one attached hydrogen (secondary N) is 1. The van der Waals surface area contributed by atoms with Gasteiger partial charge in [0.2, 0.25) is 5.91 Å². The van der Waals surface area contributed by atoms with E-state index >= 15 is 0 Å². The van der Waals surface area contributed by atoms with Crippen LogP contribution < -0.4 is 5.32 Å². The summed E-state index contributed by atoms with van der Waals surface area (Å²) in [5.41, 5.74) is 1.57. The molecule has 3 aromatic rings. The van der Waals surface area contributed by atoms with Crippen LogP contribution >= 0.6 is 0 Å². The summed E-state index contributed by atoms with van der Waals surface area (Å²) in [6.07, 6.45) is 4.92. The summed E-state index contributed by atoms with van der Waals surface area (Å²) in [6.45, 7) is 5.14. The van der Waals surface area contributed by atoms with E-state index in [2.05, 4.69) is 34.3 Å². The second kappa shape index (κ2) is 7.33. The fraction of sp³-hybridized carbons (Fsp3) is 0.400. The number of amides is 1. The summed E-state index contributed by atoms with van der Waals surface area (Å²) < 4.78 is 34.0. The van der Waals surface area contributed by atoms with Crippen LogP contribution in [-0.4, -0.2) is 39.3 Å². The number of rotatable bonds is 4. The Balaban J connectivity index is 1.44. The summed E-state index contributed by atoms with van der Waals surface area (Å²) in [7, 11) is 0. The lowest BCUT2D eigenvalue weighted by atomic mass is 9.66. The molecule has 1 aliphatic heterocycles. The van der Waals surface area contributed by atoms with Crippen LogP contribution in [-0.2, 0) is 14.9 Å². The second-order valence-corrected chi connectivity index (χ2v) is 9.86. The molecule has 34 heavy (non-hydrogen) atoms. The van der Waals surface area contributed by atoms with Gasteiger partial charge in [0.15, 0.2) is 5.82 Å². The van der Waals surface area contributed by atoms with Gasteiger partial charge in [-0.05, 0) is 47.9 Å². The van der Waals surface area contributed by atoms with Gasteiger partial charge < -0.3 is 10.1 Å². The highest BCUT2D eigenvalue weighted by molar-refractivity contribution is 5.92. The molecule has 2 aromatic heterocycles. The minimum Gasteiger partial charge on any atom is -0.380 e. The number of benzene rings is 1. The molecule has 3 heterocycles. The van der Waals surface area contributed by atoms with Crippen LogP contribution in [0, 0.1) is 23.0 Å². The Kier molecular flexibility index (Phi) is 4.58. The minimum absolute atomic E-state index is 0.124. The van der Waals surface area contributed by atoms with Crippen LogP contribution in [0.15, 0.2) is 36.7 Å². The van der Waals surface area contributed by atoms with Crippen molar-refractivity contribution < 1.29 is 18.3 Å². The van der Waals surface area contributed by atoms with Crippen molar-refractivity contribution in [1.82, 2.24) is 20.2 Å². The van der Waals surface area contributed by atoms with Crippen molar-refractivity contribution in [3.63, 3.8) is 0 Å². The van der Waals surface area contributed by atoms with E-state index in [0.29, 0.717) is 24.7 Å². The number of aromatic nitrogens is 4. The van der Waals surface area contributed by atoms with Gasteiger partial charge in [-0.2, -0.15) is 5.10 Å². The Morgan fingerprint density at radius 3 is 2.62 bits per heavy atom. The van der Waals surface area contributed by atoms with E-state index in [9.17, 15) is 13.6 Å². The van der Waals surface area contributed by atoms with Gasteiger partial charge in [-0.15, -0.1) is 5.10 Å². The first kappa shape index (κ1) is 21.2. The maximum atomic E-state index is 14.4. The molecule has 0 spiro atoms. The summed E-state index contributed by atoms with van der Waals surface area (Å²) in [6, 6.07) is 5.54. The van der Waals surface area contributed by atoms with Crippen molar-refractivity contribution in [2.24, 2.45) is 11.3 Å². The molecule has 2 fully saturated rings. The van der Waals surface area contributed by atoms with Crippen molar-refractivity contribution in [2.75, 3.05) is 18.5 Å². The standard InChI is InChI=1S/C25H23F2N5O2/c1-24(2)15-6-7-25(24,19-9-28-10-20(29-19)30-23(33)13-11-34-12-13)22-14(15)8-18(31-32-22)21-16(26)4-3-5-17(21)27/h3-5,8-10,13,15H,6-7,11-12H2,1-2H3,(H,29,30,33)/t15-,25-/m0/s1. The molecule has 174 valence electrons. The van der Waals surface area contributed by atoms with Crippen LogP contribution in [0.2, 0.25) is 0 Å². The lowest BCUT2D eigenvalue weighted by Gasteiger charge is -2.37. The molecule has 2 aliphatic carbocycles. The average Bonchev–Trinajstić information content (AvgIpc) is 3.14. The SMILES string of the molecule is CC1(C)[C@H]2CC[C@]1(c1cncc(NC(=O)C3COC3)n1)c1nnc(-c3c(F)cccc3F)cc12. The summed E-state index contributed by atoms with van der Waals surface area (Å²) in [5, 5.41) is 11.6. The predicted molar refractivity (Wildman–Crippen MR) is 119 cm³/mol. The van der Waals surface area contributed by atoms with E-state index < -0.39 is 17.0 Å². The minimum atomic E-state index is -0.669. The molecule has 3 aliphatic rings. The monoisotopic (exact) mass is 463 g/mol. The molecule has 9 heteroatoms. The number of fused-ring (bicyclic) bond motifs is 5. The lowest BCUT2D eigenvalue weighted by molar-refractivity contribution is -0.133. The first-order chi connectivity index (χ1) is 16.3. The highest BCUT2D eigenvalue weighted by atomic mass is 19.1. The molecule has 1 saturated carbocycles. The zero-order chi connectivity index (χ0) is 23.7. The number of hydrogen-bond acceptors (Lipinski definition) is 6. The van der Waals surface area contributed by atoms with Crippen molar-refractivity contribution in [2.45, 2.75) is 38.0 Å². The molecule has 0 radical (unpaired) electrons. The number of hydrogen-bond donors (Lipinski definition) is 1. The molecule has 2 bridgehead atoms. The molecule has 1 amide bonds. The topological polar surface area (TPSA) is 89.9 Å². The fourth-order valence-electron chi connectivity index (χ4n) is 6.00. The predicted octanol–water partition coefficient (Wildman–Crippen LogP) is 4.00. The Morgan fingerprint density at radius 1 is 1.15 bits per heavy atom.